The third-order valence-electron chi connectivity index (χ3n) is 4.63. The van der Waals surface area contributed by atoms with Gasteiger partial charge in [0.15, 0.2) is 0 Å². The van der Waals surface area contributed by atoms with Crippen LogP contribution in [0, 0.1) is 0 Å². The molecular formula is C15H30N2O. The first-order valence-corrected chi connectivity index (χ1v) is 7.90. The van der Waals surface area contributed by atoms with Gasteiger partial charge in [0.05, 0.1) is 5.60 Å². The molecule has 1 saturated heterocycles. The van der Waals surface area contributed by atoms with Crippen molar-refractivity contribution in [3.8, 4) is 0 Å². The molecule has 0 radical (unpaired) electrons. The summed E-state index contributed by atoms with van der Waals surface area (Å²) < 4.78 is 0. The van der Waals surface area contributed by atoms with Gasteiger partial charge in [-0.05, 0) is 51.7 Å². The number of hydrogen-bond donors (Lipinski definition) is 2. The predicted molar refractivity (Wildman–Crippen MR) is 75.8 cm³/mol. The maximum Gasteiger partial charge on any atom is 0.0771 e. The minimum absolute atomic E-state index is 0.404. The van der Waals surface area contributed by atoms with Gasteiger partial charge in [0.2, 0.25) is 0 Å². The van der Waals surface area contributed by atoms with Crippen molar-refractivity contribution in [1.29, 1.82) is 0 Å². The molecule has 1 aliphatic carbocycles. The van der Waals surface area contributed by atoms with E-state index in [1.807, 2.05) is 0 Å². The van der Waals surface area contributed by atoms with Crippen molar-refractivity contribution < 1.29 is 5.11 Å². The maximum atomic E-state index is 10.5. The molecule has 0 spiro atoms. The van der Waals surface area contributed by atoms with E-state index in [0.717, 1.165) is 19.4 Å². The number of nitrogens with zero attached hydrogens (tertiary/aromatic N) is 1. The zero-order chi connectivity index (χ0) is 12.8. The molecule has 2 N–H and O–H groups in total. The van der Waals surface area contributed by atoms with E-state index in [1.165, 1.54) is 58.2 Å². The third-order valence-corrected chi connectivity index (χ3v) is 4.63. The molecule has 2 fully saturated rings. The molecule has 3 heteroatoms. The van der Waals surface area contributed by atoms with E-state index in [1.54, 1.807) is 0 Å². The molecule has 0 bridgehead atoms. The van der Waals surface area contributed by atoms with Gasteiger partial charge < -0.3 is 15.3 Å². The zero-order valence-corrected chi connectivity index (χ0v) is 12.0. The zero-order valence-electron chi connectivity index (χ0n) is 12.0. The summed E-state index contributed by atoms with van der Waals surface area (Å²) in [5.74, 6) is 0. The lowest BCUT2D eigenvalue weighted by atomic mass is 9.84. The summed E-state index contributed by atoms with van der Waals surface area (Å²) in [5, 5.41) is 14.1. The number of aliphatic hydroxyl groups is 1. The molecule has 106 valence electrons. The smallest absolute Gasteiger partial charge is 0.0771 e. The quantitative estimate of drug-likeness (QED) is 0.789. The van der Waals surface area contributed by atoms with Crippen LogP contribution in [0.2, 0.25) is 0 Å². The predicted octanol–water partition coefficient (Wildman–Crippen LogP) is 2.15. The van der Waals surface area contributed by atoms with Crippen LogP contribution in [0.25, 0.3) is 0 Å². The van der Waals surface area contributed by atoms with Crippen LogP contribution in [-0.2, 0) is 0 Å². The molecule has 2 rings (SSSR count). The van der Waals surface area contributed by atoms with Crippen molar-refractivity contribution >= 4 is 0 Å². The van der Waals surface area contributed by atoms with E-state index < -0.39 is 5.60 Å². The Balaban J connectivity index is 1.65. The lowest BCUT2D eigenvalue weighted by Crippen LogP contribution is -2.49. The highest BCUT2D eigenvalue weighted by Crippen LogP contribution is 2.27. The van der Waals surface area contributed by atoms with Gasteiger partial charge >= 0.3 is 0 Å². The molecule has 0 aromatic carbocycles. The second-order valence-corrected chi connectivity index (χ2v) is 6.28. The highest BCUT2D eigenvalue weighted by molar-refractivity contribution is 4.87. The largest absolute Gasteiger partial charge is 0.389 e. The maximum absolute atomic E-state index is 10.5. The van der Waals surface area contributed by atoms with E-state index in [9.17, 15) is 5.11 Å². The number of hydrogen-bond acceptors (Lipinski definition) is 3. The van der Waals surface area contributed by atoms with Crippen molar-refractivity contribution in [3.05, 3.63) is 0 Å². The topological polar surface area (TPSA) is 35.5 Å². The summed E-state index contributed by atoms with van der Waals surface area (Å²) in [6.07, 6.45) is 9.45. The molecule has 2 aliphatic rings. The van der Waals surface area contributed by atoms with Gasteiger partial charge in [-0.1, -0.05) is 26.2 Å². The lowest BCUT2D eigenvalue weighted by Gasteiger charge is -2.36. The molecule has 0 aromatic heterocycles. The lowest BCUT2D eigenvalue weighted by molar-refractivity contribution is 0.000760. The number of rotatable bonds is 5. The van der Waals surface area contributed by atoms with Crippen molar-refractivity contribution in [2.75, 3.05) is 26.2 Å². The number of nitrogens with one attached hydrogen (secondary N) is 1. The van der Waals surface area contributed by atoms with E-state index in [-0.39, 0.29) is 0 Å². The van der Waals surface area contributed by atoms with Crippen molar-refractivity contribution in [1.82, 2.24) is 10.2 Å². The monoisotopic (exact) mass is 254 g/mol. The fourth-order valence-corrected chi connectivity index (χ4v) is 3.40. The molecule has 0 atom stereocenters. The summed E-state index contributed by atoms with van der Waals surface area (Å²) in [6.45, 7) is 6.76. The molecule has 0 unspecified atom stereocenters. The van der Waals surface area contributed by atoms with Crippen LogP contribution >= 0.6 is 0 Å². The van der Waals surface area contributed by atoms with Crippen LogP contribution in [0.5, 0.6) is 0 Å². The molecular weight excluding hydrogens is 224 g/mol. The van der Waals surface area contributed by atoms with Crippen molar-refractivity contribution in [3.63, 3.8) is 0 Å². The van der Waals surface area contributed by atoms with Crippen LogP contribution in [0.1, 0.15) is 58.3 Å². The van der Waals surface area contributed by atoms with E-state index in [0.29, 0.717) is 6.04 Å². The van der Waals surface area contributed by atoms with Gasteiger partial charge in [-0.25, -0.2) is 0 Å². The van der Waals surface area contributed by atoms with Crippen LogP contribution in [-0.4, -0.2) is 47.8 Å². The average molecular weight is 254 g/mol. The Morgan fingerprint density at radius 1 is 1.17 bits per heavy atom. The summed E-state index contributed by atoms with van der Waals surface area (Å²) >= 11 is 0. The van der Waals surface area contributed by atoms with Gasteiger partial charge in [-0.3, -0.25) is 0 Å². The molecule has 0 aromatic rings. The molecule has 1 heterocycles. The Morgan fingerprint density at radius 3 is 2.44 bits per heavy atom. The minimum Gasteiger partial charge on any atom is -0.389 e. The van der Waals surface area contributed by atoms with Crippen LogP contribution in [0.3, 0.4) is 0 Å². The van der Waals surface area contributed by atoms with E-state index in [4.69, 9.17) is 0 Å². The summed E-state index contributed by atoms with van der Waals surface area (Å²) in [7, 11) is 0. The first kappa shape index (κ1) is 14.3. The first-order valence-electron chi connectivity index (χ1n) is 7.90. The van der Waals surface area contributed by atoms with Gasteiger partial charge in [0, 0.05) is 12.6 Å². The molecule has 3 nitrogen and oxygen atoms in total. The Kier molecular flexibility index (Phi) is 5.46. The van der Waals surface area contributed by atoms with Crippen LogP contribution in [0.15, 0.2) is 0 Å². The second-order valence-electron chi connectivity index (χ2n) is 6.28. The molecule has 1 saturated carbocycles. The average Bonchev–Trinajstić information content (AvgIpc) is 2.39. The molecule has 18 heavy (non-hydrogen) atoms. The molecule has 1 aliphatic heterocycles. The summed E-state index contributed by atoms with van der Waals surface area (Å²) in [4.78, 5) is 2.56. The van der Waals surface area contributed by atoms with Crippen molar-refractivity contribution in [2.24, 2.45) is 0 Å². The standard InChI is InChI=1S/C15H30N2O/c1-2-10-17-11-6-14(7-12-17)16-13-15(18)8-4-3-5-9-15/h14,16,18H,2-13H2,1H3. The van der Waals surface area contributed by atoms with Gasteiger partial charge in [-0.15, -0.1) is 0 Å². The Labute approximate surface area is 112 Å². The highest BCUT2D eigenvalue weighted by atomic mass is 16.3. The molecule has 0 amide bonds. The van der Waals surface area contributed by atoms with E-state index in [2.05, 4.69) is 17.1 Å². The number of likely N-dealkylation sites (tertiary alicyclic amines) is 1. The minimum atomic E-state index is -0.404. The first-order chi connectivity index (χ1) is 8.72. The number of piperidine rings is 1. The normalized spacial score (nSPS) is 26.3. The van der Waals surface area contributed by atoms with Crippen LogP contribution in [0.4, 0.5) is 0 Å². The summed E-state index contributed by atoms with van der Waals surface area (Å²) in [5.41, 5.74) is -0.404. The van der Waals surface area contributed by atoms with Crippen molar-refractivity contribution in [2.45, 2.75) is 69.9 Å². The Hall–Kier alpha value is -0.120. The SMILES string of the molecule is CCCN1CCC(NCC2(O)CCCCC2)CC1. The van der Waals surface area contributed by atoms with E-state index >= 15 is 0 Å². The summed E-state index contributed by atoms with van der Waals surface area (Å²) in [6, 6.07) is 0.629. The Morgan fingerprint density at radius 2 is 1.83 bits per heavy atom. The second kappa shape index (κ2) is 6.88. The Bertz CT molecular complexity index is 231. The highest BCUT2D eigenvalue weighted by Gasteiger charge is 2.30. The van der Waals surface area contributed by atoms with Gasteiger partial charge in [0.25, 0.3) is 0 Å². The van der Waals surface area contributed by atoms with Gasteiger partial charge in [-0.2, -0.15) is 0 Å². The fraction of sp³-hybridized carbons (Fsp3) is 1.00. The van der Waals surface area contributed by atoms with Crippen LogP contribution < -0.4 is 5.32 Å². The van der Waals surface area contributed by atoms with Gasteiger partial charge in [0.1, 0.15) is 0 Å². The third kappa shape index (κ3) is 4.22. The fourth-order valence-electron chi connectivity index (χ4n) is 3.40.